The van der Waals surface area contributed by atoms with E-state index in [2.05, 4.69) is 10.4 Å². The molecule has 2 rings (SSSR count). The molecule has 4 nitrogen and oxygen atoms in total. The summed E-state index contributed by atoms with van der Waals surface area (Å²) < 4.78 is 15.1. The molecule has 0 unspecified atom stereocenters. The van der Waals surface area contributed by atoms with Gasteiger partial charge in [-0.2, -0.15) is 5.10 Å². The first-order valence-electron chi connectivity index (χ1n) is 4.96. The number of hydrogen-bond acceptors (Lipinski definition) is 3. The highest BCUT2D eigenvalue weighted by Gasteiger charge is 2.10. The number of nitrogens with one attached hydrogen (secondary N) is 1. The summed E-state index contributed by atoms with van der Waals surface area (Å²) in [7, 11) is 1.81. The van der Waals surface area contributed by atoms with E-state index in [1.54, 1.807) is 24.3 Å². The fourth-order valence-corrected chi connectivity index (χ4v) is 1.58. The zero-order valence-electron chi connectivity index (χ0n) is 8.94. The molecule has 0 aliphatic carbocycles. The quantitative estimate of drug-likeness (QED) is 0.820. The molecule has 0 amide bonds. The van der Waals surface area contributed by atoms with Crippen molar-refractivity contribution in [2.45, 2.75) is 6.54 Å². The Labute approximate surface area is 92.9 Å². The van der Waals surface area contributed by atoms with Gasteiger partial charge in [-0.3, -0.25) is 0 Å². The van der Waals surface area contributed by atoms with Crippen LogP contribution in [0.3, 0.4) is 0 Å². The summed E-state index contributed by atoms with van der Waals surface area (Å²) in [5, 5.41) is 7.06. The maximum atomic E-state index is 13.6. The summed E-state index contributed by atoms with van der Waals surface area (Å²) in [6, 6.07) is 8.20. The van der Waals surface area contributed by atoms with Gasteiger partial charge in [-0.1, -0.05) is 12.1 Å². The fraction of sp³-hybridized carbons (Fsp3) is 0.182. The van der Waals surface area contributed by atoms with E-state index < -0.39 is 0 Å². The number of anilines is 1. The van der Waals surface area contributed by atoms with E-state index in [0.29, 0.717) is 18.1 Å². The maximum Gasteiger partial charge on any atom is 0.148 e. The number of para-hydroxylation sites is 1. The first-order valence-corrected chi connectivity index (χ1v) is 4.96. The number of nitrogens with two attached hydrogens (primary N) is 1. The molecule has 2 aromatic rings. The lowest BCUT2D eigenvalue weighted by atomic mass is 10.3. The Kier molecular flexibility index (Phi) is 2.87. The molecule has 5 heteroatoms. The molecule has 0 saturated heterocycles. The maximum absolute atomic E-state index is 13.6. The molecular weight excluding hydrogens is 207 g/mol. The first kappa shape index (κ1) is 10.6. The minimum Gasteiger partial charge on any atom is -0.382 e. The first-order chi connectivity index (χ1) is 7.72. The predicted molar refractivity (Wildman–Crippen MR) is 60.7 cm³/mol. The van der Waals surface area contributed by atoms with Gasteiger partial charge in [0.1, 0.15) is 17.3 Å². The van der Waals surface area contributed by atoms with Crippen LogP contribution in [0.1, 0.15) is 5.69 Å². The van der Waals surface area contributed by atoms with E-state index in [-0.39, 0.29) is 5.82 Å². The highest BCUT2D eigenvalue weighted by atomic mass is 19.1. The molecule has 0 radical (unpaired) electrons. The van der Waals surface area contributed by atoms with Crippen LogP contribution >= 0.6 is 0 Å². The number of nitrogens with zero attached hydrogens (tertiary/aromatic N) is 2. The second kappa shape index (κ2) is 4.32. The molecule has 3 N–H and O–H groups in total. The van der Waals surface area contributed by atoms with Gasteiger partial charge >= 0.3 is 0 Å². The average Bonchev–Trinajstić information content (AvgIpc) is 2.61. The van der Waals surface area contributed by atoms with Crippen molar-refractivity contribution in [3.8, 4) is 5.69 Å². The summed E-state index contributed by atoms with van der Waals surface area (Å²) in [5.41, 5.74) is 6.85. The van der Waals surface area contributed by atoms with Gasteiger partial charge < -0.3 is 11.1 Å². The molecule has 0 atom stereocenters. The molecule has 0 aliphatic heterocycles. The van der Waals surface area contributed by atoms with Crippen molar-refractivity contribution in [2.24, 2.45) is 0 Å². The number of hydrogen-bond donors (Lipinski definition) is 2. The molecule has 16 heavy (non-hydrogen) atoms. The van der Waals surface area contributed by atoms with Crippen LogP contribution in [0.15, 0.2) is 30.3 Å². The average molecular weight is 220 g/mol. The van der Waals surface area contributed by atoms with Gasteiger partial charge in [0, 0.05) is 12.6 Å². The molecule has 84 valence electrons. The van der Waals surface area contributed by atoms with E-state index in [9.17, 15) is 4.39 Å². The van der Waals surface area contributed by atoms with Gasteiger partial charge in [-0.05, 0) is 19.2 Å². The van der Waals surface area contributed by atoms with Crippen molar-refractivity contribution in [1.82, 2.24) is 15.1 Å². The lowest BCUT2D eigenvalue weighted by molar-refractivity contribution is 0.603. The zero-order valence-corrected chi connectivity index (χ0v) is 8.94. The summed E-state index contributed by atoms with van der Waals surface area (Å²) in [5.74, 6) is 0.0662. The third-order valence-electron chi connectivity index (χ3n) is 2.24. The zero-order chi connectivity index (χ0) is 11.5. The van der Waals surface area contributed by atoms with Gasteiger partial charge in [0.05, 0.1) is 5.69 Å². The highest BCUT2D eigenvalue weighted by molar-refractivity contribution is 5.39. The molecule has 0 bridgehead atoms. The Morgan fingerprint density at radius 1 is 1.44 bits per heavy atom. The second-order valence-corrected chi connectivity index (χ2v) is 3.45. The number of benzene rings is 1. The van der Waals surface area contributed by atoms with Crippen LogP contribution in [0.4, 0.5) is 10.2 Å². The fourth-order valence-electron chi connectivity index (χ4n) is 1.58. The third kappa shape index (κ3) is 1.90. The number of halogens is 1. The van der Waals surface area contributed by atoms with E-state index in [1.165, 1.54) is 10.7 Å². The topological polar surface area (TPSA) is 55.9 Å². The predicted octanol–water partition coefficient (Wildman–Crippen LogP) is 1.31. The molecular formula is C11H13FN4. The lowest BCUT2D eigenvalue weighted by Gasteiger charge is -2.07. The molecule has 1 aromatic carbocycles. The molecule has 0 spiro atoms. The lowest BCUT2D eigenvalue weighted by Crippen LogP contribution is -2.11. The smallest absolute Gasteiger partial charge is 0.148 e. The summed E-state index contributed by atoms with van der Waals surface area (Å²) in [6.45, 7) is 0.582. The molecule has 0 fully saturated rings. The van der Waals surface area contributed by atoms with E-state index in [1.807, 2.05) is 7.05 Å². The van der Waals surface area contributed by atoms with E-state index >= 15 is 0 Å². The van der Waals surface area contributed by atoms with Crippen LogP contribution in [0, 0.1) is 5.82 Å². The van der Waals surface area contributed by atoms with Crippen molar-refractivity contribution in [2.75, 3.05) is 12.8 Å². The Hall–Kier alpha value is -1.88. The Morgan fingerprint density at radius 3 is 2.88 bits per heavy atom. The second-order valence-electron chi connectivity index (χ2n) is 3.45. The van der Waals surface area contributed by atoms with Crippen LogP contribution in [-0.2, 0) is 6.54 Å². The highest BCUT2D eigenvalue weighted by Crippen LogP contribution is 2.16. The Bertz CT molecular complexity index is 492. The monoisotopic (exact) mass is 220 g/mol. The van der Waals surface area contributed by atoms with Crippen molar-refractivity contribution < 1.29 is 4.39 Å². The molecule has 1 heterocycles. The van der Waals surface area contributed by atoms with Crippen molar-refractivity contribution in [3.63, 3.8) is 0 Å². The number of nitrogen functional groups attached to an aromatic ring is 1. The Morgan fingerprint density at radius 2 is 2.19 bits per heavy atom. The number of aromatic nitrogens is 2. The molecule has 0 saturated carbocycles. The van der Waals surface area contributed by atoms with Crippen LogP contribution in [0.25, 0.3) is 5.69 Å². The summed E-state index contributed by atoms with van der Waals surface area (Å²) in [6.07, 6.45) is 0. The molecule has 0 aliphatic rings. The van der Waals surface area contributed by atoms with Crippen molar-refractivity contribution in [1.29, 1.82) is 0 Å². The van der Waals surface area contributed by atoms with Gasteiger partial charge in [0.15, 0.2) is 0 Å². The summed E-state index contributed by atoms with van der Waals surface area (Å²) in [4.78, 5) is 0. The van der Waals surface area contributed by atoms with Gasteiger partial charge in [0.25, 0.3) is 0 Å². The number of rotatable bonds is 3. The van der Waals surface area contributed by atoms with E-state index in [0.717, 1.165) is 5.69 Å². The minimum absolute atomic E-state index is 0.317. The Balaban J connectivity index is 2.51. The van der Waals surface area contributed by atoms with Crippen LogP contribution in [0.2, 0.25) is 0 Å². The standard InChI is InChI=1S/C11H13FN4/c1-14-7-8-6-11(13)15-16(8)10-5-3-2-4-9(10)12/h2-6,14H,7H2,1H3,(H2,13,15). The van der Waals surface area contributed by atoms with Crippen molar-refractivity contribution in [3.05, 3.63) is 41.8 Å². The van der Waals surface area contributed by atoms with Crippen molar-refractivity contribution >= 4 is 5.82 Å². The van der Waals surface area contributed by atoms with Crippen LogP contribution < -0.4 is 11.1 Å². The van der Waals surface area contributed by atoms with Crippen LogP contribution in [0.5, 0.6) is 0 Å². The molecule has 1 aromatic heterocycles. The van der Waals surface area contributed by atoms with Gasteiger partial charge in [-0.15, -0.1) is 0 Å². The van der Waals surface area contributed by atoms with Gasteiger partial charge in [0.2, 0.25) is 0 Å². The largest absolute Gasteiger partial charge is 0.382 e. The van der Waals surface area contributed by atoms with Gasteiger partial charge in [-0.25, -0.2) is 9.07 Å². The SMILES string of the molecule is CNCc1cc(N)nn1-c1ccccc1F. The third-order valence-corrected chi connectivity index (χ3v) is 2.24. The summed E-state index contributed by atoms with van der Waals surface area (Å²) >= 11 is 0. The van der Waals surface area contributed by atoms with Crippen LogP contribution in [-0.4, -0.2) is 16.8 Å². The van der Waals surface area contributed by atoms with E-state index in [4.69, 9.17) is 5.73 Å². The normalized spacial score (nSPS) is 10.6. The minimum atomic E-state index is -0.317.